The van der Waals surface area contributed by atoms with Crippen molar-refractivity contribution in [3.05, 3.63) is 29.8 Å². The SMILES string of the molecule is CC(=O)N1CCN(C[C@@]2(O)CCN(CC(=O)Nc3cccc(C(F)(F)F)c3)C2)CC1. The molecule has 3 rings (SSSR count). The van der Waals surface area contributed by atoms with Gasteiger partial charge in [-0.2, -0.15) is 13.2 Å². The Morgan fingerprint density at radius 3 is 2.47 bits per heavy atom. The molecular formula is C20H27F3N4O3. The molecule has 0 aromatic heterocycles. The fourth-order valence-electron chi connectivity index (χ4n) is 4.02. The Bertz CT molecular complexity index is 781. The normalized spacial score (nSPS) is 23.6. The largest absolute Gasteiger partial charge is 0.416 e. The van der Waals surface area contributed by atoms with E-state index in [1.807, 2.05) is 0 Å². The van der Waals surface area contributed by atoms with E-state index in [1.165, 1.54) is 12.1 Å². The number of alkyl halides is 3. The first kappa shape index (κ1) is 22.5. The zero-order valence-corrected chi connectivity index (χ0v) is 16.9. The maximum Gasteiger partial charge on any atom is 0.416 e. The second-order valence-corrected chi connectivity index (χ2v) is 8.09. The van der Waals surface area contributed by atoms with E-state index in [9.17, 15) is 27.9 Å². The predicted octanol–water partition coefficient (Wildman–Crippen LogP) is 1.24. The molecule has 2 saturated heterocycles. The summed E-state index contributed by atoms with van der Waals surface area (Å²) < 4.78 is 38.4. The van der Waals surface area contributed by atoms with Crippen LogP contribution in [-0.4, -0.2) is 89.6 Å². The number of halogens is 3. The smallest absolute Gasteiger partial charge is 0.387 e. The van der Waals surface area contributed by atoms with E-state index in [-0.39, 0.29) is 18.1 Å². The van der Waals surface area contributed by atoms with Crippen molar-refractivity contribution in [1.29, 1.82) is 0 Å². The summed E-state index contributed by atoms with van der Waals surface area (Å²) >= 11 is 0. The van der Waals surface area contributed by atoms with Crippen LogP contribution in [0.4, 0.5) is 18.9 Å². The average Bonchev–Trinajstić information content (AvgIpc) is 3.01. The van der Waals surface area contributed by atoms with Gasteiger partial charge in [0.15, 0.2) is 0 Å². The van der Waals surface area contributed by atoms with Crippen LogP contribution in [0.5, 0.6) is 0 Å². The standard InChI is InChI=1S/C20H27F3N4O3/c1-15(28)27-9-7-25(8-10-27)13-19(30)5-6-26(14-19)12-18(29)24-17-4-2-3-16(11-17)20(21,22)23/h2-4,11,30H,5-10,12-14H2,1H3,(H,24,29)/t19-/m0/s1. The van der Waals surface area contributed by atoms with Crippen molar-refractivity contribution in [2.75, 3.05) is 57.7 Å². The van der Waals surface area contributed by atoms with Crippen molar-refractivity contribution in [2.24, 2.45) is 0 Å². The Morgan fingerprint density at radius 2 is 1.83 bits per heavy atom. The molecule has 1 atom stereocenters. The number of β-amino-alcohol motifs (C(OH)–C–C–N with tert-alkyl or cyclic N) is 1. The van der Waals surface area contributed by atoms with Gasteiger partial charge in [-0.15, -0.1) is 0 Å². The average molecular weight is 428 g/mol. The van der Waals surface area contributed by atoms with E-state index in [0.717, 1.165) is 12.1 Å². The molecule has 0 unspecified atom stereocenters. The molecule has 1 aromatic carbocycles. The van der Waals surface area contributed by atoms with Gasteiger partial charge in [0.1, 0.15) is 0 Å². The molecule has 2 amide bonds. The van der Waals surface area contributed by atoms with Gasteiger partial charge in [0.25, 0.3) is 0 Å². The van der Waals surface area contributed by atoms with Crippen molar-refractivity contribution >= 4 is 17.5 Å². The molecule has 2 aliphatic heterocycles. The van der Waals surface area contributed by atoms with Crippen LogP contribution in [0.2, 0.25) is 0 Å². The van der Waals surface area contributed by atoms with Gasteiger partial charge in [0.05, 0.1) is 17.7 Å². The Hall–Kier alpha value is -2.17. The molecule has 2 heterocycles. The quantitative estimate of drug-likeness (QED) is 0.738. The lowest BCUT2D eigenvalue weighted by Crippen LogP contribution is -2.53. The summed E-state index contributed by atoms with van der Waals surface area (Å²) in [5, 5.41) is 13.4. The van der Waals surface area contributed by atoms with E-state index in [1.54, 1.807) is 16.7 Å². The second-order valence-electron chi connectivity index (χ2n) is 8.09. The minimum absolute atomic E-state index is 0.00330. The summed E-state index contributed by atoms with van der Waals surface area (Å²) in [7, 11) is 0. The Balaban J connectivity index is 1.47. The minimum atomic E-state index is -4.47. The summed E-state index contributed by atoms with van der Waals surface area (Å²) in [5.74, 6) is -0.374. The van der Waals surface area contributed by atoms with E-state index in [2.05, 4.69) is 10.2 Å². The molecular weight excluding hydrogens is 401 g/mol. The molecule has 10 heteroatoms. The molecule has 0 bridgehead atoms. The number of likely N-dealkylation sites (tertiary alicyclic amines) is 1. The number of hydrogen-bond donors (Lipinski definition) is 2. The fraction of sp³-hybridized carbons (Fsp3) is 0.600. The van der Waals surface area contributed by atoms with Gasteiger partial charge in [0, 0.05) is 58.4 Å². The molecule has 2 aliphatic rings. The number of aliphatic hydroxyl groups is 1. The van der Waals surface area contributed by atoms with Crippen LogP contribution in [0.1, 0.15) is 18.9 Å². The molecule has 30 heavy (non-hydrogen) atoms. The van der Waals surface area contributed by atoms with Crippen molar-refractivity contribution < 1.29 is 27.9 Å². The second kappa shape index (κ2) is 8.91. The third-order valence-corrected chi connectivity index (χ3v) is 5.59. The highest BCUT2D eigenvalue weighted by Gasteiger charge is 2.38. The topological polar surface area (TPSA) is 76.1 Å². The number of carbonyl (C=O) groups excluding carboxylic acids is 2. The van der Waals surface area contributed by atoms with Gasteiger partial charge in [-0.25, -0.2) is 0 Å². The number of piperazine rings is 1. The number of nitrogens with zero attached hydrogens (tertiary/aromatic N) is 3. The molecule has 0 aliphatic carbocycles. The highest BCUT2D eigenvalue weighted by atomic mass is 19.4. The monoisotopic (exact) mass is 428 g/mol. The molecule has 0 saturated carbocycles. The van der Waals surface area contributed by atoms with Gasteiger partial charge >= 0.3 is 6.18 Å². The first-order valence-corrected chi connectivity index (χ1v) is 9.94. The molecule has 0 spiro atoms. The van der Waals surface area contributed by atoms with Gasteiger partial charge in [0.2, 0.25) is 11.8 Å². The van der Waals surface area contributed by atoms with Crippen LogP contribution in [0.25, 0.3) is 0 Å². The van der Waals surface area contributed by atoms with Crippen molar-refractivity contribution in [3.63, 3.8) is 0 Å². The maximum absolute atomic E-state index is 12.8. The van der Waals surface area contributed by atoms with Crippen molar-refractivity contribution in [1.82, 2.24) is 14.7 Å². The lowest BCUT2D eigenvalue weighted by Gasteiger charge is -2.38. The zero-order valence-electron chi connectivity index (χ0n) is 16.9. The summed E-state index contributed by atoms with van der Waals surface area (Å²) in [4.78, 5) is 29.4. The Kier molecular flexibility index (Phi) is 6.68. The number of nitrogens with one attached hydrogen (secondary N) is 1. The van der Waals surface area contributed by atoms with Crippen LogP contribution >= 0.6 is 0 Å². The van der Waals surface area contributed by atoms with Gasteiger partial charge in [-0.3, -0.25) is 19.4 Å². The maximum atomic E-state index is 12.8. The first-order chi connectivity index (χ1) is 14.0. The summed E-state index contributed by atoms with van der Waals surface area (Å²) in [6.45, 7) is 5.50. The van der Waals surface area contributed by atoms with Crippen LogP contribution in [-0.2, 0) is 15.8 Å². The van der Waals surface area contributed by atoms with Crippen molar-refractivity contribution in [2.45, 2.75) is 25.1 Å². The number of carbonyl (C=O) groups is 2. The predicted molar refractivity (Wildman–Crippen MR) is 105 cm³/mol. The fourth-order valence-corrected chi connectivity index (χ4v) is 4.02. The molecule has 2 N–H and O–H groups in total. The molecule has 2 fully saturated rings. The van der Waals surface area contributed by atoms with E-state index in [0.29, 0.717) is 52.2 Å². The third kappa shape index (κ3) is 5.93. The van der Waals surface area contributed by atoms with Gasteiger partial charge in [-0.05, 0) is 24.6 Å². The highest BCUT2D eigenvalue weighted by molar-refractivity contribution is 5.92. The lowest BCUT2D eigenvalue weighted by molar-refractivity contribution is -0.137. The highest BCUT2D eigenvalue weighted by Crippen LogP contribution is 2.30. The number of hydrogen-bond acceptors (Lipinski definition) is 5. The van der Waals surface area contributed by atoms with Crippen LogP contribution in [0.3, 0.4) is 0 Å². The number of amides is 2. The molecule has 7 nitrogen and oxygen atoms in total. The molecule has 0 radical (unpaired) electrons. The van der Waals surface area contributed by atoms with Gasteiger partial charge in [-0.1, -0.05) is 6.07 Å². The zero-order chi connectivity index (χ0) is 21.9. The number of rotatable bonds is 5. The van der Waals surface area contributed by atoms with Crippen LogP contribution in [0.15, 0.2) is 24.3 Å². The van der Waals surface area contributed by atoms with Crippen LogP contribution in [0, 0.1) is 0 Å². The first-order valence-electron chi connectivity index (χ1n) is 9.94. The van der Waals surface area contributed by atoms with Crippen LogP contribution < -0.4 is 5.32 Å². The van der Waals surface area contributed by atoms with Crippen molar-refractivity contribution in [3.8, 4) is 0 Å². The summed E-state index contributed by atoms with van der Waals surface area (Å²) in [5.41, 5.74) is -1.68. The third-order valence-electron chi connectivity index (χ3n) is 5.59. The number of anilines is 1. The van der Waals surface area contributed by atoms with E-state index < -0.39 is 23.2 Å². The molecule has 166 valence electrons. The lowest BCUT2D eigenvalue weighted by atomic mass is 10.0. The number of benzene rings is 1. The van der Waals surface area contributed by atoms with Gasteiger partial charge < -0.3 is 15.3 Å². The Morgan fingerprint density at radius 1 is 1.13 bits per heavy atom. The van der Waals surface area contributed by atoms with E-state index >= 15 is 0 Å². The Labute approximate surface area is 173 Å². The summed E-state index contributed by atoms with van der Waals surface area (Å²) in [6.07, 6.45) is -3.96. The minimum Gasteiger partial charge on any atom is -0.387 e. The summed E-state index contributed by atoms with van der Waals surface area (Å²) in [6, 6.07) is 4.51. The molecule has 1 aromatic rings. The van der Waals surface area contributed by atoms with E-state index in [4.69, 9.17) is 0 Å².